The standard InChI is InChI=1S/C16H26N2/c1-5-6-7-8-9-10-15(17-4)16-14(3)11-13(2)12-18-16/h5,11-12,15,17H,1,6-10H2,2-4H3. The summed E-state index contributed by atoms with van der Waals surface area (Å²) in [4.78, 5) is 4.59. The van der Waals surface area contributed by atoms with Crippen molar-refractivity contribution in [2.75, 3.05) is 7.05 Å². The van der Waals surface area contributed by atoms with Gasteiger partial charge in [0.1, 0.15) is 0 Å². The molecule has 2 heteroatoms. The van der Waals surface area contributed by atoms with Gasteiger partial charge in [0.15, 0.2) is 0 Å². The predicted octanol–water partition coefficient (Wildman–Crippen LogP) is 4.10. The fraction of sp³-hybridized carbons (Fsp3) is 0.562. The number of unbranched alkanes of at least 4 members (excludes halogenated alkanes) is 3. The maximum absolute atomic E-state index is 4.59. The summed E-state index contributed by atoms with van der Waals surface area (Å²) in [5.74, 6) is 0. The molecule has 0 saturated carbocycles. The molecule has 0 saturated heterocycles. The van der Waals surface area contributed by atoms with Gasteiger partial charge in [0, 0.05) is 12.2 Å². The summed E-state index contributed by atoms with van der Waals surface area (Å²) in [5, 5.41) is 3.39. The lowest BCUT2D eigenvalue weighted by molar-refractivity contribution is 0.496. The minimum Gasteiger partial charge on any atom is -0.312 e. The van der Waals surface area contributed by atoms with E-state index in [9.17, 15) is 0 Å². The number of hydrogen-bond acceptors (Lipinski definition) is 2. The summed E-state index contributed by atoms with van der Waals surface area (Å²) < 4.78 is 0. The van der Waals surface area contributed by atoms with E-state index in [0.717, 1.165) is 12.8 Å². The van der Waals surface area contributed by atoms with Crippen LogP contribution in [0.4, 0.5) is 0 Å². The van der Waals surface area contributed by atoms with E-state index in [1.807, 2.05) is 19.3 Å². The topological polar surface area (TPSA) is 24.9 Å². The third-order valence-corrected chi connectivity index (χ3v) is 3.34. The van der Waals surface area contributed by atoms with Crippen molar-refractivity contribution >= 4 is 0 Å². The van der Waals surface area contributed by atoms with Gasteiger partial charge in [-0.05, 0) is 51.3 Å². The zero-order chi connectivity index (χ0) is 13.4. The van der Waals surface area contributed by atoms with Gasteiger partial charge in [0.05, 0.1) is 5.69 Å². The summed E-state index contributed by atoms with van der Waals surface area (Å²) in [6, 6.07) is 2.60. The monoisotopic (exact) mass is 246 g/mol. The number of aromatic nitrogens is 1. The molecule has 0 aliphatic rings. The van der Waals surface area contributed by atoms with Gasteiger partial charge in [-0.25, -0.2) is 0 Å². The molecule has 2 nitrogen and oxygen atoms in total. The van der Waals surface area contributed by atoms with E-state index in [0.29, 0.717) is 6.04 Å². The van der Waals surface area contributed by atoms with Crippen LogP contribution in [0, 0.1) is 13.8 Å². The van der Waals surface area contributed by atoms with Gasteiger partial charge < -0.3 is 5.32 Å². The number of hydrogen-bond donors (Lipinski definition) is 1. The molecule has 0 spiro atoms. The highest BCUT2D eigenvalue weighted by molar-refractivity contribution is 5.25. The molecular weight excluding hydrogens is 220 g/mol. The van der Waals surface area contributed by atoms with Crippen LogP contribution in [0.2, 0.25) is 0 Å². The fourth-order valence-corrected chi connectivity index (χ4v) is 2.32. The van der Waals surface area contributed by atoms with Crippen LogP contribution in [-0.4, -0.2) is 12.0 Å². The molecular formula is C16H26N2. The second-order valence-electron chi connectivity index (χ2n) is 4.98. The Bertz CT molecular complexity index is 371. The third kappa shape index (κ3) is 4.61. The summed E-state index contributed by atoms with van der Waals surface area (Å²) in [5.41, 5.74) is 3.73. The van der Waals surface area contributed by atoms with E-state index in [-0.39, 0.29) is 0 Å². The largest absolute Gasteiger partial charge is 0.312 e. The Morgan fingerprint density at radius 1 is 1.33 bits per heavy atom. The van der Waals surface area contributed by atoms with Crippen LogP contribution >= 0.6 is 0 Å². The maximum atomic E-state index is 4.59. The molecule has 100 valence electrons. The lowest BCUT2D eigenvalue weighted by Crippen LogP contribution is -2.18. The summed E-state index contributed by atoms with van der Waals surface area (Å²) in [6.07, 6.45) is 10.0. The first-order chi connectivity index (χ1) is 8.69. The summed E-state index contributed by atoms with van der Waals surface area (Å²) in [6.45, 7) is 8.00. The van der Waals surface area contributed by atoms with Gasteiger partial charge in [0.25, 0.3) is 0 Å². The smallest absolute Gasteiger partial charge is 0.0602 e. The molecule has 1 rings (SSSR count). The molecule has 0 amide bonds. The first-order valence-electron chi connectivity index (χ1n) is 6.90. The molecule has 1 N–H and O–H groups in total. The quantitative estimate of drug-likeness (QED) is 0.552. The van der Waals surface area contributed by atoms with Gasteiger partial charge in [0.2, 0.25) is 0 Å². The van der Waals surface area contributed by atoms with Gasteiger partial charge in [-0.15, -0.1) is 6.58 Å². The highest BCUT2D eigenvalue weighted by atomic mass is 14.9. The van der Waals surface area contributed by atoms with Crippen molar-refractivity contribution < 1.29 is 0 Å². The SMILES string of the molecule is C=CCCCCCC(NC)c1ncc(C)cc1C. The molecule has 1 unspecified atom stereocenters. The van der Waals surface area contributed by atoms with Gasteiger partial charge in [-0.2, -0.15) is 0 Å². The molecule has 1 heterocycles. The highest BCUT2D eigenvalue weighted by Crippen LogP contribution is 2.21. The number of pyridine rings is 1. The molecule has 0 radical (unpaired) electrons. The number of aryl methyl sites for hydroxylation is 2. The Morgan fingerprint density at radius 2 is 2.11 bits per heavy atom. The molecule has 1 atom stereocenters. The van der Waals surface area contributed by atoms with Gasteiger partial charge >= 0.3 is 0 Å². The third-order valence-electron chi connectivity index (χ3n) is 3.34. The summed E-state index contributed by atoms with van der Waals surface area (Å²) >= 11 is 0. The number of rotatable bonds is 8. The molecule has 1 aromatic rings. The first-order valence-corrected chi connectivity index (χ1v) is 6.90. The van der Waals surface area contributed by atoms with E-state index in [1.54, 1.807) is 0 Å². The van der Waals surface area contributed by atoms with Crippen LogP contribution in [0.5, 0.6) is 0 Å². The Hall–Kier alpha value is -1.15. The number of allylic oxidation sites excluding steroid dienone is 1. The average molecular weight is 246 g/mol. The van der Waals surface area contributed by atoms with Crippen LogP contribution in [0.3, 0.4) is 0 Å². The van der Waals surface area contributed by atoms with Gasteiger partial charge in [-0.3, -0.25) is 4.98 Å². The Morgan fingerprint density at radius 3 is 2.72 bits per heavy atom. The molecule has 0 fully saturated rings. The van der Waals surface area contributed by atoms with Crippen LogP contribution in [0.1, 0.15) is 55.0 Å². The normalized spacial score (nSPS) is 12.4. The van der Waals surface area contributed by atoms with Crippen LogP contribution in [0.15, 0.2) is 24.9 Å². The van der Waals surface area contributed by atoms with Crippen molar-refractivity contribution in [3.63, 3.8) is 0 Å². The molecule has 0 aromatic carbocycles. The lowest BCUT2D eigenvalue weighted by Gasteiger charge is -2.18. The average Bonchev–Trinajstić information content (AvgIpc) is 2.35. The number of nitrogens with zero attached hydrogens (tertiary/aromatic N) is 1. The van der Waals surface area contributed by atoms with E-state index in [2.05, 4.69) is 36.8 Å². The minimum atomic E-state index is 0.384. The molecule has 0 bridgehead atoms. The van der Waals surface area contributed by atoms with Crippen molar-refractivity contribution in [3.05, 3.63) is 41.7 Å². The van der Waals surface area contributed by atoms with E-state index in [1.165, 1.54) is 36.1 Å². The Kier molecular flexibility index (Phi) is 6.66. The van der Waals surface area contributed by atoms with E-state index >= 15 is 0 Å². The van der Waals surface area contributed by atoms with Crippen molar-refractivity contribution in [1.82, 2.24) is 10.3 Å². The maximum Gasteiger partial charge on any atom is 0.0602 e. The highest BCUT2D eigenvalue weighted by Gasteiger charge is 2.12. The zero-order valence-corrected chi connectivity index (χ0v) is 12.0. The first kappa shape index (κ1) is 14.9. The Labute approximate surface area is 112 Å². The lowest BCUT2D eigenvalue weighted by atomic mass is 10.0. The molecule has 18 heavy (non-hydrogen) atoms. The van der Waals surface area contributed by atoms with Crippen molar-refractivity contribution in [3.8, 4) is 0 Å². The van der Waals surface area contributed by atoms with Gasteiger partial charge in [-0.1, -0.05) is 25.0 Å². The number of nitrogens with one attached hydrogen (secondary N) is 1. The van der Waals surface area contributed by atoms with E-state index < -0.39 is 0 Å². The second kappa shape index (κ2) is 8.04. The molecule has 0 aliphatic heterocycles. The molecule has 1 aromatic heterocycles. The van der Waals surface area contributed by atoms with Crippen molar-refractivity contribution in [1.29, 1.82) is 0 Å². The predicted molar refractivity (Wildman–Crippen MR) is 78.8 cm³/mol. The van der Waals surface area contributed by atoms with E-state index in [4.69, 9.17) is 0 Å². The molecule has 0 aliphatic carbocycles. The fourth-order valence-electron chi connectivity index (χ4n) is 2.32. The zero-order valence-electron chi connectivity index (χ0n) is 12.0. The minimum absolute atomic E-state index is 0.384. The second-order valence-corrected chi connectivity index (χ2v) is 4.98. The van der Waals surface area contributed by atoms with Crippen molar-refractivity contribution in [2.24, 2.45) is 0 Å². The van der Waals surface area contributed by atoms with Crippen molar-refractivity contribution in [2.45, 2.75) is 52.0 Å². The summed E-state index contributed by atoms with van der Waals surface area (Å²) in [7, 11) is 2.02. The van der Waals surface area contributed by atoms with Crippen LogP contribution in [-0.2, 0) is 0 Å². The van der Waals surface area contributed by atoms with Crippen LogP contribution in [0.25, 0.3) is 0 Å². The van der Waals surface area contributed by atoms with Crippen LogP contribution < -0.4 is 5.32 Å². The Balaban J connectivity index is 2.52.